The molecule has 1 radical (unpaired) electrons. The Kier molecular flexibility index (Phi) is 10.6. The van der Waals surface area contributed by atoms with Gasteiger partial charge in [0.15, 0.2) is 0 Å². The van der Waals surface area contributed by atoms with E-state index >= 15 is 0 Å². The van der Waals surface area contributed by atoms with E-state index in [1.54, 1.807) is 6.29 Å². The molecule has 0 aromatic rings. The molecule has 0 atom stereocenters. The van der Waals surface area contributed by atoms with Crippen molar-refractivity contribution in [2.75, 3.05) is 7.11 Å². The number of rotatable bonds is 3. The molecule has 3 heteroatoms. The van der Waals surface area contributed by atoms with Gasteiger partial charge in [0.05, 0.1) is 7.11 Å². The molecule has 0 aliphatic carbocycles. The first kappa shape index (κ1) is 11.8. The van der Waals surface area contributed by atoms with Gasteiger partial charge in [0.1, 0.15) is 0 Å². The first-order valence-corrected chi connectivity index (χ1v) is 2.08. The first-order valence-electron chi connectivity index (χ1n) is 2.08. The van der Waals surface area contributed by atoms with Crippen LogP contribution in [0.25, 0.3) is 0 Å². The molecule has 47 valence electrons. The molecule has 0 saturated carbocycles. The van der Waals surface area contributed by atoms with Crippen LogP contribution in [0.1, 0.15) is 0 Å². The molecule has 0 fully saturated rings. The van der Waals surface area contributed by atoms with Crippen LogP contribution in [0.15, 0.2) is 24.5 Å². The average molecular weight is 200 g/mol. The zero-order chi connectivity index (χ0) is 6.41. The Morgan fingerprint density at radius 1 is 1.78 bits per heavy atom. The second-order valence-electron chi connectivity index (χ2n) is 1.12. The molecule has 0 unspecified atom stereocenters. The van der Waals surface area contributed by atoms with Gasteiger partial charge >= 0.3 is 0 Å². The Labute approximate surface area is 79.8 Å². The minimum Gasteiger partial charge on any atom is -0.516 e. The second-order valence-corrected chi connectivity index (χ2v) is 1.12. The minimum atomic E-state index is 0. The van der Waals surface area contributed by atoms with Crippen molar-refractivity contribution in [1.29, 1.82) is 0 Å². The van der Waals surface area contributed by atoms with Gasteiger partial charge in [-0.3, -0.25) is 0 Å². The van der Waals surface area contributed by atoms with E-state index in [4.69, 9.17) is 0 Å². The second kappa shape index (κ2) is 8.05. The maximum atomic E-state index is 9.52. The Balaban J connectivity index is 0. The smallest absolute Gasteiger partial charge is 0.0751 e. The van der Waals surface area contributed by atoms with Crippen molar-refractivity contribution in [3.05, 3.63) is 24.5 Å². The quantitative estimate of drug-likeness (QED) is 0.291. The summed E-state index contributed by atoms with van der Waals surface area (Å²) in [5.41, 5.74) is 0. The fourth-order valence-electron chi connectivity index (χ4n) is 0.195. The standard InChI is InChI=1S/C6H7O2.Y/c1-6(8-2)4-3-5-7;/h3-4H,1H2,2H3;/q-1;/b4-3+;. The van der Waals surface area contributed by atoms with Crippen LogP contribution < -0.4 is 0 Å². The van der Waals surface area contributed by atoms with Gasteiger partial charge < -0.3 is 9.53 Å². The van der Waals surface area contributed by atoms with Crippen molar-refractivity contribution in [2.45, 2.75) is 0 Å². The summed E-state index contributed by atoms with van der Waals surface area (Å²) in [6.45, 7) is 3.42. The normalized spacial score (nSPS) is 8.11. The third-order valence-corrected chi connectivity index (χ3v) is 0.599. The van der Waals surface area contributed by atoms with Crippen molar-refractivity contribution < 1.29 is 42.2 Å². The molecule has 0 bridgehead atoms. The van der Waals surface area contributed by atoms with Gasteiger partial charge in [0, 0.05) is 38.5 Å². The van der Waals surface area contributed by atoms with Gasteiger partial charge in [0.25, 0.3) is 0 Å². The number of hydrogen-bond acceptors (Lipinski definition) is 2. The number of methoxy groups -OCH3 is 1. The minimum absolute atomic E-state index is 0. The average Bonchev–Trinajstić information content (AvgIpc) is 1.83. The molecule has 0 saturated heterocycles. The van der Waals surface area contributed by atoms with Gasteiger partial charge in [-0.05, 0) is 6.29 Å². The third-order valence-electron chi connectivity index (χ3n) is 0.599. The Morgan fingerprint density at radius 2 is 2.33 bits per heavy atom. The van der Waals surface area contributed by atoms with E-state index < -0.39 is 0 Å². The van der Waals surface area contributed by atoms with E-state index in [0.717, 1.165) is 0 Å². The summed E-state index contributed by atoms with van der Waals surface area (Å²) in [6.07, 6.45) is 4.20. The molecule has 0 heterocycles. The van der Waals surface area contributed by atoms with Gasteiger partial charge in [-0.2, -0.15) is 12.2 Å². The monoisotopic (exact) mass is 200 g/mol. The SMILES string of the molecule is C=C(/C=C/[C-]=O)OC.[Y]. The first-order chi connectivity index (χ1) is 3.81. The Morgan fingerprint density at radius 3 is 2.67 bits per heavy atom. The van der Waals surface area contributed by atoms with Crippen molar-refractivity contribution in [2.24, 2.45) is 0 Å². The fraction of sp³-hybridized carbons (Fsp3) is 0.167. The maximum absolute atomic E-state index is 9.52. The Bertz CT molecular complexity index is 118. The summed E-state index contributed by atoms with van der Waals surface area (Å²) in [4.78, 5) is 9.52. The molecule has 9 heavy (non-hydrogen) atoms. The van der Waals surface area contributed by atoms with Crippen LogP contribution in [0.2, 0.25) is 0 Å². The van der Waals surface area contributed by atoms with Crippen LogP contribution in [0.5, 0.6) is 0 Å². The molecule has 0 rings (SSSR count). The molecule has 0 aliphatic rings. The number of carbonyl (C=O) groups excluding carboxylic acids is 1. The number of allylic oxidation sites excluding steroid dienone is 2. The topological polar surface area (TPSA) is 26.3 Å². The largest absolute Gasteiger partial charge is 0.516 e. The number of ether oxygens (including phenoxy) is 1. The third kappa shape index (κ3) is 8.05. The molecule has 0 aliphatic heterocycles. The van der Waals surface area contributed by atoms with Crippen LogP contribution >= 0.6 is 0 Å². The van der Waals surface area contributed by atoms with Gasteiger partial charge in [-0.15, -0.1) is 0 Å². The molecular weight excluding hydrogens is 193 g/mol. The van der Waals surface area contributed by atoms with Crippen molar-refractivity contribution in [3.63, 3.8) is 0 Å². The van der Waals surface area contributed by atoms with Gasteiger partial charge in [-0.1, -0.05) is 6.58 Å². The van der Waals surface area contributed by atoms with Crippen molar-refractivity contribution in [1.82, 2.24) is 0 Å². The van der Waals surface area contributed by atoms with Crippen LogP contribution in [0.4, 0.5) is 0 Å². The van der Waals surface area contributed by atoms with Crippen LogP contribution in [-0.4, -0.2) is 13.4 Å². The van der Waals surface area contributed by atoms with Crippen LogP contribution in [-0.2, 0) is 42.2 Å². The molecule has 0 aromatic heterocycles. The summed E-state index contributed by atoms with van der Waals surface area (Å²) in [5.74, 6) is 0.452. The molecule has 0 N–H and O–H groups in total. The van der Waals surface area contributed by atoms with E-state index in [-0.39, 0.29) is 32.7 Å². The van der Waals surface area contributed by atoms with E-state index in [2.05, 4.69) is 11.3 Å². The number of hydrogen-bond donors (Lipinski definition) is 0. The zero-order valence-electron chi connectivity index (χ0n) is 5.26. The summed E-state index contributed by atoms with van der Waals surface area (Å²) in [7, 11) is 1.48. The zero-order valence-corrected chi connectivity index (χ0v) is 8.09. The van der Waals surface area contributed by atoms with Crippen LogP contribution in [0, 0.1) is 0 Å². The van der Waals surface area contributed by atoms with Crippen molar-refractivity contribution >= 4 is 6.29 Å². The van der Waals surface area contributed by atoms with E-state index in [1.807, 2.05) is 0 Å². The van der Waals surface area contributed by atoms with E-state index in [1.165, 1.54) is 19.3 Å². The Hall–Kier alpha value is 0.0539. The van der Waals surface area contributed by atoms with E-state index in [9.17, 15) is 4.79 Å². The molecule has 0 amide bonds. The maximum Gasteiger partial charge on any atom is 0.0751 e. The molecule has 0 spiro atoms. The summed E-state index contributed by atoms with van der Waals surface area (Å²) in [5, 5.41) is 0. The summed E-state index contributed by atoms with van der Waals surface area (Å²) < 4.78 is 4.59. The molecular formula is C6H7O2Y-. The van der Waals surface area contributed by atoms with Crippen molar-refractivity contribution in [3.8, 4) is 0 Å². The predicted octanol–water partition coefficient (Wildman–Crippen LogP) is 0.810. The molecule has 2 nitrogen and oxygen atoms in total. The molecule has 0 aromatic carbocycles. The van der Waals surface area contributed by atoms with Gasteiger partial charge in [0.2, 0.25) is 0 Å². The van der Waals surface area contributed by atoms with E-state index in [0.29, 0.717) is 5.76 Å². The summed E-state index contributed by atoms with van der Waals surface area (Å²) >= 11 is 0. The summed E-state index contributed by atoms with van der Waals surface area (Å²) in [6, 6.07) is 0. The fourth-order valence-corrected chi connectivity index (χ4v) is 0.195. The van der Waals surface area contributed by atoms with Crippen LogP contribution in [0.3, 0.4) is 0 Å². The predicted molar refractivity (Wildman–Crippen MR) is 31.0 cm³/mol. The van der Waals surface area contributed by atoms with Gasteiger partial charge in [-0.25, -0.2) is 0 Å².